The molecule has 0 N–H and O–H groups in total. The Kier molecular flexibility index (Phi) is 4.16. The van der Waals surface area contributed by atoms with Crippen molar-refractivity contribution in [2.75, 3.05) is 0 Å². The van der Waals surface area contributed by atoms with E-state index in [-0.39, 0.29) is 0 Å². The molecule has 2 aromatic heterocycles. The monoisotopic (exact) mass is 380 g/mol. The van der Waals surface area contributed by atoms with Crippen LogP contribution in [0.1, 0.15) is 37.3 Å². The van der Waals surface area contributed by atoms with E-state index in [0.29, 0.717) is 5.92 Å². The number of furan rings is 1. The zero-order valence-corrected chi connectivity index (χ0v) is 17.5. The first-order valence-corrected chi connectivity index (χ1v) is 10.4. The fraction of sp³-hybridized carbons (Fsp3) is 0.222. The number of pyridine rings is 1. The number of benzene rings is 3. The van der Waals surface area contributed by atoms with Crippen LogP contribution in [-0.2, 0) is 7.05 Å². The quantitative estimate of drug-likeness (QED) is 0.306. The third-order valence-electron chi connectivity index (χ3n) is 6.35. The molecule has 29 heavy (non-hydrogen) atoms. The van der Waals surface area contributed by atoms with Crippen molar-refractivity contribution in [3.05, 3.63) is 78.0 Å². The van der Waals surface area contributed by atoms with Gasteiger partial charge in [0.15, 0.2) is 6.20 Å². The minimum Gasteiger partial charge on any atom is -0.454 e. The van der Waals surface area contributed by atoms with Crippen molar-refractivity contribution in [2.45, 2.75) is 33.1 Å². The largest absolute Gasteiger partial charge is 0.454 e. The standard InChI is InChI=1S/C27H26NO/c1-5-17(2)20-14-15-28(4)24(16-20)25-18(3)10-12-23-22-13-11-19-8-6-7-9-21(19)26(22)29-27(23)25/h6-17H,5H2,1-4H3/q+1. The van der Waals surface area contributed by atoms with Gasteiger partial charge in [0.1, 0.15) is 18.2 Å². The highest BCUT2D eigenvalue weighted by atomic mass is 16.3. The molecule has 0 fully saturated rings. The molecule has 1 atom stereocenters. The molecule has 2 heterocycles. The second-order valence-corrected chi connectivity index (χ2v) is 8.17. The fourth-order valence-electron chi connectivity index (χ4n) is 4.36. The normalized spacial score (nSPS) is 12.8. The highest BCUT2D eigenvalue weighted by molar-refractivity contribution is 6.17. The highest BCUT2D eigenvalue weighted by Gasteiger charge is 2.22. The van der Waals surface area contributed by atoms with Crippen LogP contribution < -0.4 is 4.57 Å². The van der Waals surface area contributed by atoms with Crippen molar-refractivity contribution in [2.24, 2.45) is 7.05 Å². The van der Waals surface area contributed by atoms with Gasteiger partial charge in [-0.25, -0.2) is 4.57 Å². The fourth-order valence-corrected chi connectivity index (χ4v) is 4.36. The lowest BCUT2D eigenvalue weighted by Crippen LogP contribution is -2.31. The van der Waals surface area contributed by atoms with E-state index >= 15 is 0 Å². The SMILES string of the molecule is CCC(C)c1cc[n+](C)c(-c2c(C)ccc3c2oc2c4ccccc4ccc32)c1. The molecular weight excluding hydrogens is 354 g/mol. The molecular formula is C27H26NO+. The Morgan fingerprint density at radius 2 is 1.66 bits per heavy atom. The van der Waals surface area contributed by atoms with Crippen LogP contribution >= 0.6 is 0 Å². The summed E-state index contributed by atoms with van der Waals surface area (Å²) in [6.07, 6.45) is 3.31. The molecule has 0 radical (unpaired) electrons. The third kappa shape index (κ3) is 2.74. The number of fused-ring (bicyclic) bond motifs is 5. The van der Waals surface area contributed by atoms with Crippen LogP contribution in [0.15, 0.2) is 71.3 Å². The molecule has 0 bridgehead atoms. The van der Waals surface area contributed by atoms with Crippen molar-refractivity contribution < 1.29 is 8.98 Å². The van der Waals surface area contributed by atoms with Gasteiger partial charge >= 0.3 is 0 Å². The van der Waals surface area contributed by atoms with Crippen LogP contribution in [0.2, 0.25) is 0 Å². The second-order valence-electron chi connectivity index (χ2n) is 8.17. The Morgan fingerprint density at radius 3 is 2.48 bits per heavy atom. The molecule has 0 spiro atoms. The van der Waals surface area contributed by atoms with Crippen molar-refractivity contribution in [3.8, 4) is 11.3 Å². The van der Waals surface area contributed by atoms with Gasteiger partial charge in [0.2, 0.25) is 5.69 Å². The van der Waals surface area contributed by atoms with Crippen molar-refractivity contribution in [3.63, 3.8) is 0 Å². The summed E-state index contributed by atoms with van der Waals surface area (Å²) in [6.45, 7) is 6.71. The molecule has 144 valence electrons. The molecule has 3 aromatic carbocycles. The van der Waals surface area contributed by atoms with E-state index in [1.54, 1.807) is 0 Å². The molecule has 1 unspecified atom stereocenters. The topological polar surface area (TPSA) is 17.0 Å². The van der Waals surface area contributed by atoms with Crippen LogP contribution in [0.5, 0.6) is 0 Å². The average molecular weight is 381 g/mol. The van der Waals surface area contributed by atoms with E-state index in [1.165, 1.54) is 43.9 Å². The van der Waals surface area contributed by atoms with Gasteiger partial charge in [0.05, 0.1) is 5.56 Å². The van der Waals surface area contributed by atoms with Gasteiger partial charge in [-0.05, 0) is 41.8 Å². The Morgan fingerprint density at radius 1 is 0.897 bits per heavy atom. The lowest BCUT2D eigenvalue weighted by molar-refractivity contribution is -0.660. The average Bonchev–Trinajstić information content (AvgIpc) is 3.13. The summed E-state index contributed by atoms with van der Waals surface area (Å²) in [5.41, 5.74) is 6.96. The van der Waals surface area contributed by atoms with Gasteiger partial charge in [-0.3, -0.25) is 0 Å². The van der Waals surface area contributed by atoms with Gasteiger partial charge in [0, 0.05) is 28.3 Å². The molecule has 0 aliphatic carbocycles. The van der Waals surface area contributed by atoms with E-state index in [4.69, 9.17) is 4.42 Å². The minimum absolute atomic E-state index is 0.536. The van der Waals surface area contributed by atoms with E-state index in [2.05, 4.69) is 99.2 Å². The Balaban J connectivity index is 1.87. The van der Waals surface area contributed by atoms with E-state index in [9.17, 15) is 0 Å². The maximum absolute atomic E-state index is 6.60. The zero-order valence-electron chi connectivity index (χ0n) is 17.5. The minimum atomic E-state index is 0.536. The zero-order chi connectivity index (χ0) is 20.1. The first-order valence-electron chi connectivity index (χ1n) is 10.4. The van der Waals surface area contributed by atoms with Gasteiger partial charge in [-0.1, -0.05) is 56.3 Å². The van der Waals surface area contributed by atoms with Crippen LogP contribution in [0.4, 0.5) is 0 Å². The van der Waals surface area contributed by atoms with E-state index < -0.39 is 0 Å². The molecule has 2 nitrogen and oxygen atoms in total. The molecule has 5 rings (SSSR count). The number of aromatic nitrogens is 1. The van der Waals surface area contributed by atoms with Gasteiger partial charge < -0.3 is 4.42 Å². The van der Waals surface area contributed by atoms with E-state index in [1.807, 2.05) is 0 Å². The van der Waals surface area contributed by atoms with Crippen LogP contribution in [0.25, 0.3) is 44.0 Å². The predicted octanol–water partition coefficient (Wildman–Crippen LogP) is 7.05. The molecule has 0 aliphatic rings. The first kappa shape index (κ1) is 17.9. The van der Waals surface area contributed by atoms with Gasteiger partial charge in [-0.2, -0.15) is 0 Å². The number of nitrogens with zero attached hydrogens (tertiary/aromatic N) is 1. The summed E-state index contributed by atoms with van der Waals surface area (Å²) in [4.78, 5) is 0. The third-order valence-corrected chi connectivity index (χ3v) is 6.35. The molecule has 0 saturated carbocycles. The van der Waals surface area contributed by atoms with Crippen molar-refractivity contribution >= 4 is 32.7 Å². The number of hydrogen-bond acceptors (Lipinski definition) is 1. The maximum Gasteiger partial charge on any atom is 0.216 e. The van der Waals surface area contributed by atoms with Crippen molar-refractivity contribution in [1.29, 1.82) is 0 Å². The summed E-state index contributed by atoms with van der Waals surface area (Å²) in [5.74, 6) is 0.536. The maximum atomic E-state index is 6.60. The Hall–Kier alpha value is -3.13. The smallest absolute Gasteiger partial charge is 0.216 e. The Labute approximate surface area is 171 Å². The summed E-state index contributed by atoms with van der Waals surface area (Å²) >= 11 is 0. The van der Waals surface area contributed by atoms with Gasteiger partial charge in [-0.15, -0.1) is 0 Å². The lowest BCUT2D eigenvalue weighted by Gasteiger charge is -2.11. The predicted molar refractivity (Wildman–Crippen MR) is 121 cm³/mol. The molecule has 0 aliphatic heterocycles. The van der Waals surface area contributed by atoms with E-state index in [0.717, 1.165) is 17.6 Å². The summed E-state index contributed by atoms with van der Waals surface area (Å²) in [6, 6.07) is 21.8. The van der Waals surface area contributed by atoms with Crippen LogP contribution in [0.3, 0.4) is 0 Å². The molecule has 5 aromatic rings. The number of aryl methyl sites for hydroxylation is 2. The van der Waals surface area contributed by atoms with Crippen molar-refractivity contribution in [1.82, 2.24) is 0 Å². The number of hydrogen-bond donors (Lipinski definition) is 0. The van der Waals surface area contributed by atoms with Gasteiger partial charge in [0.25, 0.3) is 0 Å². The van der Waals surface area contributed by atoms with Crippen LogP contribution in [0, 0.1) is 6.92 Å². The molecule has 0 amide bonds. The lowest BCUT2D eigenvalue weighted by atomic mass is 9.95. The summed E-state index contributed by atoms with van der Waals surface area (Å²) in [5, 5.41) is 4.74. The second kappa shape index (κ2) is 6.73. The molecule has 2 heteroatoms. The highest BCUT2D eigenvalue weighted by Crippen LogP contribution is 2.39. The first-order chi connectivity index (χ1) is 14.1. The molecule has 0 saturated heterocycles. The summed E-state index contributed by atoms with van der Waals surface area (Å²) < 4.78 is 8.81. The van der Waals surface area contributed by atoms with Crippen LogP contribution in [-0.4, -0.2) is 0 Å². The Bertz CT molecular complexity index is 1380. The summed E-state index contributed by atoms with van der Waals surface area (Å²) in [7, 11) is 2.12. The number of rotatable bonds is 3.